The second-order valence-electron chi connectivity index (χ2n) is 12.2. The summed E-state index contributed by atoms with van der Waals surface area (Å²) in [5.41, 5.74) is -2.89. The van der Waals surface area contributed by atoms with Crippen LogP contribution in [0.5, 0.6) is 23.0 Å². The molecule has 1 aliphatic carbocycles. The van der Waals surface area contributed by atoms with Crippen molar-refractivity contribution in [2.24, 2.45) is 27.1 Å². The fourth-order valence-electron chi connectivity index (χ4n) is 7.30. The van der Waals surface area contributed by atoms with E-state index in [0.29, 0.717) is 22.3 Å². The van der Waals surface area contributed by atoms with Gasteiger partial charge in [-0.1, -0.05) is 18.5 Å². The molecule has 4 aromatic rings. The Hall–Kier alpha value is -5.30. The van der Waals surface area contributed by atoms with E-state index >= 15 is 4.79 Å². The minimum atomic E-state index is -2.11. The molecule has 2 aliphatic heterocycles. The molecule has 2 aromatic carbocycles. The molecular formula is C34H31ClN4O9. The summed E-state index contributed by atoms with van der Waals surface area (Å²) in [6.07, 6.45) is 0.0856. The number of fused-ring (bicyclic) bond motifs is 3. The van der Waals surface area contributed by atoms with Gasteiger partial charge in [-0.3, -0.25) is 28.3 Å². The molecule has 13 nitrogen and oxygen atoms in total. The third kappa shape index (κ3) is 3.87. The van der Waals surface area contributed by atoms with Gasteiger partial charge >= 0.3 is 5.69 Å². The highest BCUT2D eigenvalue weighted by atomic mass is 35.5. The number of ether oxygens (including phenoxy) is 4. The van der Waals surface area contributed by atoms with Crippen LogP contribution < -0.4 is 41.1 Å². The number of carbonyl (C=O) groups excluding carboxylic acids is 2. The quantitative estimate of drug-likeness (QED) is 0.320. The van der Waals surface area contributed by atoms with Crippen LogP contribution in [0.15, 0.2) is 56.0 Å². The van der Waals surface area contributed by atoms with Gasteiger partial charge in [-0.25, -0.2) is 4.79 Å². The van der Waals surface area contributed by atoms with Crippen molar-refractivity contribution >= 4 is 39.9 Å². The summed E-state index contributed by atoms with van der Waals surface area (Å²) in [6.45, 7) is 1.70. The van der Waals surface area contributed by atoms with E-state index in [1.807, 2.05) is 0 Å². The van der Waals surface area contributed by atoms with Crippen LogP contribution in [0.2, 0.25) is 5.02 Å². The number of nitrogens with one attached hydrogen (secondary N) is 1. The number of halogens is 1. The molecule has 1 N–H and O–H groups in total. The summed E-state index contributed by atoms with van der Waals surface area (Å²) in [5, 5.41) is 3.79. The van der Waals surface area contributed by atoms with E-state index in [2.05, 4.69) is 5.32 Å². The fourth-order valence-corrected chi connectivity index (χ4v) is 7.57. The first-order valence-electron chi connectivity index (χ1n) is 15.0. The standard InChI is InChI=1S/C34H31ClN4O9/c1-14-10-18-23(28(40)34(14)29(41)24-20(46-6)13-21(47-7)26(35)27(24)48-34)22(25-30(36-18)38(3)33(44)39(4)32(25)43)17-11-15-8-9-16(45-5)12-19(15)37(2)31(17)42/h8-9,11-14,22,36H,10H2,1-7H3. The van der Waals surface area contributed by atoms with Crippen LogP contribution in [0.4, 0.5) is 5.82 Å². The van der Waals surface area contributed by atoms with Crippen molar-refractivity contribution < 1.29 is 28.5 Å². The minimum Gasteiger partial charge on any atom is -0.497 e. The van der Waals surface area contributed by atoms with E-state index < -0.39 is 45.8 Å². The highest BCUT2D eigenvalue weighted by molar-refractivity contribution is 6.36. The number of ketones is 2. The summed E-state index contributed by atoms with van der Waals surface area (Å²) in [5.74, 6) is -2.54. The number of hydrogen-bond donors (Lipinski definition) is 1. The van der Waals surface area contributed by atoms with Gasteiger partial charge in [0.25, 0.3) is 11.1 Å². The van der Waals surface area contributed by atoms with Crippen LogP contribution in [0.3, 0.4) is 0 Å². The molecule has 248 valence electrons. The van der Waals surface area contributed by atoms with E-state index in [0.717, 1.165) is 4.57 Å². The number of allylic oxidation sites excluding steroid dienone is 1. The van der Waals surface area contributed by atoms with E-state index in [1.54, 1.807) is 38.2 Å². The Morgan fingerprint density at radius 3 is 2.25 bits per heavy atom. The van der Waals surface area contributed by atoms with Gasteiger partial charge in [-0.2, -0.15) is 0 Å². The summed E-state index contributed by atoms with van der Waals surface area (Å²) < 4.78 is 26.2. The van der Waals surface area contributed by atoms with Crippen molar-refractivity contribution in [3.05, 3.63) is 94.5 Å². The predicted molar refractivity (Wildman–Crippen MR) is 176 cm³/mol. The van der Waals surface area contributed by atoms with Crippen LogP contribution in [0, 0.1) is 5.92 Å². The van der Waals surface area contributed by atoms with Crippen molar-refractivity contribution in [3.63, 3.8) is 0 Å². The first-order valence-corrected chi connectivity index (χ1v) is 15.4. The van der Waals surface area contributed by atoms with Crippen LogP contribution in [0.25, 0.3) is 10.9 Å². The third-order valence-electron chi connectivity index (χ3n) is 9.85. The van der Waals surface area contributed by atoms with Crippen molar-refractivity contribution in [3.8, 4) is 23.0 Å². The summed E-state index contributed by atoms with van der Waals surface area (Å²) >= 11 is 6.64. The van der Waals surface area contributed by atoms with Gasteiger partial charge in [-0.05, 0) is 30.0 Å². The zero-order chi connectivity index (χ0) is 34.6. The predicted octanol–water partition coefficient (Wildman–Crippen LogP) is 3.05. The number of Topliss-reactive ketones (excluding diaryl/α,β-unsaturated/α-hetero) is 2. The maximum absolute atomic E-state index is 15.2. The van der Waals surface area contributed by atoms with Crippen LogP contribution >= 0.6 is 11.6 Å². The number of methoxy groups -OCH3 is 3. The Morgan fingerprint density at radius 2 is 1.58 bits per heavy atom. The van der Waals surface area contributed by atoms with Crippen LogP contribution in [-0.2, 0) is 25.9 Å². The number of carbonyl (C=O) groups is 2. The molecule has 7 rings (SSSR count). The molecule has 14 heteroatoms. The van der Waals surface area contributed by atoms with Crippen molar-refractivity contribution in [2.75, 3.05) is 26.6 Å². The lowest BCUT2D eigenvalue weighted by atomic mass is 9.66. The van der Waals surface area contributed by atoms with Gasteiger partial charge in [0.05, 0.1) is 38.3 Å². The van der Waals surface area contributed by atoms with E-state index in [-0.39, 0.29) is 56.8 Å². The molecule has 0 bridgehead atoms. The lowest BCUT2D eigenvalue weighted by Gasteiger charge is -2.42. The van der Waals surface area contributed by atoms with Gasteiger partial charge in [0, 0.05) is 56.0 Å². The van der Waals surface area contributed by atoms with E-state index in [1.165, 1.54) is 50.6 Å². The molecule has 0 saturated carbocycles. The highest BCUT2D eigenvalue weighted by Gasteiger charge is 2.64. The first-order chi connectivity index (χ1) is 22.8. The molecule has 48 heavy (non-hydrogen) atoms. The molecule has 3 atom stereocenters. The zero-order valence-corrected chi connectivity index (χ0v) is 27.9. The maximum Gasteiger partial charge on any atom is 0.332 e. The lowest BCUT2D eigenvalue weighted by Crippen LogP contribution is -2.58. The maximum atomic E-state index is 15.2. The van der Waals surface area contributed by atoms with E-state index in [9.17, 15) is 19.2 Å². The van der Waals surface area contributed by atoms with Crippen molar-refractivity contribution in [2.45, 2.75) is 24.9 Å². The third-order valence-corrected chi connectivity index (χ3v) is 10.2. The topological polar surface area (TPSA) is 149 Å². The Bertz CT molecular complexity index is 2370. The lowest BCUT2D eigenvalue weighted by molar-refractivity contribution is -0.130. The number of aromatic nitrogens is 3. The molecular weight excluding hydrogens is 644 g/mol. The normalized spacial score (nSPS) is 21.1. The Morgan fingerprint density at radius 1 is 0.875 bits per heavy atom. The Kier molecular flexibility index (Phi) is 6.92. The molecule has 2 aromatic heterocycles. The van der Waals surface area contributed by atoms with Crippen molar-refractivity contribution in [1.82, 2.24) is 13.7 Å². The monoisotopic (exact) mass is 674 g/mol. The second-order valence-corrected chi connectivity index (χ2v) is 12.6. The fraction of sp³-hybridized carbons (Fsp3) is 0.324. The van der Waals surface area contributed by atoms with Gasteiger partial charge in [0.2, 0.25) is 17.2 Å². The smallest absolute Gasteiger partial charge is 0.332 e. The molecule has 0 saturated heterocycles. The molecule has 3 aliphatic rings. The SMILES string of the molecule is COc1ccc2cc(C3C4=C(CC(C)C5(Oc6c(Cl)c(OC)cc(OC)c6C5=O)C4=O)Nc4c3c(=O)n(C)c(=O)n4C)c(=O)n(C)c2c1. The second kappa shape index (κ2) is 10.6. The molecule has 0 radical (unpaired) electrons. The molecule has 1 spiro atoms. The number of rotatable bonds is 4. The van der Waals surface area contributed by atoms with Gasteiger partial charge in [-0.15, -0.1) is 0 Å². The van der Waals surface area contributed by atoms with Crippen molar-refractivity contribution in [1.29, 1.82) is 0 Å². The molecule has 0 amide bonds. The average molecular weight is 675 g/mol. The zero-order valence-electron chi connectivity index (χ0n) is 27.1. The van der Waals surface area contributed by atoms with Crippen LogP contribution in [-0.4, -0.2) is 52.2 Å². The largest absolute Gasteiger partial charge is 0.497 e. The number of anilines is 1. The summed E-state index contributed by atoms with van der Waals surface area (Å²) in [7, 11) is 8.69. The van der Waals surface area contributed by atoms with Gasteiger partial charge in [0.1, 0.15) is 33.7 Å². The molecule has 4 heterocycles. The van der Waals surface area contributed by atoms with E-state index in [4.69, 9.17) is 30.5 Å². The van der Waals surface area contributed by atoms with Gasteiger partial charge in [0.15, 0.2) is 5.75 Å². The van der Waals surface area contributed by atoms with Crippen LogP contribution in [0.1, 0.15) is 40.7 Å². The number of hydrogen-bond acceptors (Lipinski definition) is 10. The summed E-state index contributed by atoms with van der Waals surface area (Å²) in [4.78, 5) is 71.1. The van der Waals surface area contributed by atoms with Gasteiger partial charge < -0.3 is 28.8 Å². The Balaban J connectivity index is 1.53. The number of pyridine rings is 1. The number of benzene rings is 2. The molecule has 3 unspecified atom stereocenters. The Labute approximate surface area is 277 Å². The summed E-state index contributed by atoms with van der Waals surface area (Å²) in [6, 6.07) is 8.28. The number of nitrogens with zero attached hydrogens (tertiary/aromatic N) is 3. The highest BCUT2D eigenvalue weighted by Crippen LogP contribution is 2.56. The number of aryl methyl sites for hydroxylation is 1. The average Bonchev–Trinajstić information content (AvgIpc) is 3.40. The first kappa shape index (κ1) is 31.3. The molecule has 0 fully saturated rings. The minimum absolute atomic E-state index is 0.00149.